The molecule has 0 aromatic carbocycles. The van der Waals surface area contributed by atoms with Crippen LogP contribution in [0.25, 0.3) is 0 Å². The summed E-state index contributed by atoms with van der Waals surface area (Å²) in [5, 5.41) is 18.0. The molecule has 1 saturated heterocycles. The third-order valence-corrected chi connectivity index (χ3v) is 6.25. The Labute approximate surface area is 120 Å². The molecule has 0 amide bonds. The highest BCUT2D eigenvalue weighted by molar-refractivity contribution is 7.91. The topological polar surface area (TPSA) is 104 Å². The molecule has 0 aliphatic carbocycles. The summed E-state index contributed by atoms with van der Waals surface area (Å²) in [6, 6.07) is 2.56. The smallest absolute Gasteiger partial charge is 0.345 e. The van der Waals surface area contributed by atoms with Crippen LogP contribution in [0, 0.1) is 0 Å². The highest BCUT2D eigenvalue weighted by Crippen LogP contribution is 2.27. The van der Waals surface area contributed by atoms with Crippen molar-refractivity contribution in [3.63, 3.8) is 0 Å². The molecule has 0 spiro atoms. The van der Waals surface area contributed by atoms with Crippen LogP contribution in [0.15, 0.2) is 16.3 Å². The monoisotopic (exact) mass is 321 g/mol. The second-order valence-corrected chi connectivity index (χ2v) is 7.75. The summed E-state index contributed by atoms with van der Waals surface area (Å²) in [6.07, 6.45) is -0.887. The van der Waals surface area contributed by atoms with E-state index in [0.29, 0.717) is 0 Å². The molecule has 20 heavy (non-hydrogen) atoms. The van der Waals surface area contributed by atoms with E-state index >= 15 is 0 Å². The first-order valence-corrected chi connectivity index (χ1v) is 8.20. The number of hydrogen-bond acceptors (Lipinski definition) is 6. The van der Waals surface area contributed by atoms with Crippen LogP contribution >= 0.6 is 11.3 Å². The van der Waals surface area contributed by atoms with Crippen molar-refractivity contribution in [3.05, 3.63) is 17.0 Å². The molecule has 1 aromatic rings. The van der Waals surface area contributed by atoms with E-state index in [4.69, 9.17) is 14.9 Å². The molecule has 1 fully saturated rings. The highest BCUT2D eigenvalue weighted by Gasteiger charge is 2.34. The second kappa shape index (κ2) is 5.78. The van der Waals surface area contributed by atoms with Gasteiger partial charge in [0.1, 0.15) is 9.09 Å². The average molecular weight is 321 g/mol. The third kappa shape index (κ3) is 3.01. The van der Waals surface area contributed by atoms with Gasteiger partial charge in [0, 0.05) is 13.1 Å². The van der Waals surface area contributed by atoms with Crippen molar-refractivity contribution in [2.24, 2.45) is 0 Å². The maximum Gasteiger partial charge on any atom is 0.345 e. The van der Waals surface area contributed by atoms with Crippen molar-refractivity contribution in [2.75, 3.05) is 19.7 Å². The number of aromatic carboxylic acids is 1. The van der Waals surface area contributed by atoms with Crippen LogP contribution < -0.4 is 0 Å². The maximum absolute atomic E-state index is 12.4. The zero-order valence-corrected chi connectivity index (χ0v) is 12.4. The molecule has 7 nitrogen and oxygen atoms in total. The Morgan fingerprint density at radius 2 is 2.20 bits per heavy atom. The lowest BCUT2D eigenvalue weighted by atomic mass is 10.2. The standard InChI is InChI=1S/C11H15NO6S2/c1-7-4-12(5-8(6-13)18-7)20(16,17)10-3-2-9(19-10)11(14)15/h2-3,7-8,13H,4-6H2,1H3,(H,14,15). The number of nitrogens with zero attached hydrogens (tertiary/aromatic N) is 1. The maximum atomic E-state index is 12.4. The fourth-order valence-corrected chi connectivity index (χ4v) is 4.85. The largest absolute Gasteiger partial charge is 0.477 e. The minimum Gasteiger partial charge on any atom is -0.477 e. The molecule has 2 unspecified atom stereocenters. The quantitative estimate of drug-likeness (QED) is 0.822. The molecule has 112 valence electrons. The van der Waals surface area contributed by atoms with E-state index in [1.165, 1.54) is 16.4 Å². The Morgan fingerprint density at radius 3 is 2.75 bits per heavy atom. The number of thiophene rings is 1. The summed E-state index contributed by atoms with van der Waals surface area (Å²) in [5.41, 5.74) is 0. The SMILES string of the molecule is CC1CN(S(=O)(=O)c2ccc(C(=O)O)s2)CC(CO)O1. The van der Waals surface area contributed by atoms with Gasteiger partial charge in [-0.3, -0.25) is 0 Å². The third-order valence-electron chi connectivity index (χ3n) is 2.88. The number of morpholine rings is 1. The summed E-state index contributed by atoms with van der Waals surface area (Å²) in [5.74, 6) is -1.15. The number of carbonyl (C=O) groups is 1. The number of rotatable bonds is 4. The molecule has 2 rings (SSSR count). The van der Waals surface area contributed by atoms with Crippen LogP contribution in [0.5, 0.6) is 0 Å². The normalized spacial score (nSPS) is 24.7. The van der Waals surface area contributed by atoms with Crippen molar-refractivity contribution >= 4 is 27.3 Å². The molecule has 9 heteroatoms. The van der Waals surface area contributed by atoms with Gasteiger partial charge in [0.2, 0.25) is 0 Å². The Morgan fingerprint density at radius 1 is 1.50 bits per heavy atom. The number of hydrogen-bond donors (Lipinski definition) is 2. The summed E-state index contributed by atoms with van der Waals surface area (Å²) in [6.45, 7) is 1.70. The van der Waals surface area contributed by atoms with Gasteiger partial charge in [-0.2, -0.15) is 4.31 Å². The molecule has 2 heterocycles. The van der Waals surface area contributed by atoms with E-state index in [-0.39, 0.29) is 34.9 Å². The summed E-state index contributed by atoms with van der Waals surface area (Å²) < 4.78 is 31.5. The van der Waals surface area contributed by atoms with Gasteiger partial charge in [-0.05, 0) is 19.1 Å². The minimum atomic E-state index is -3.75. The lowest BCUT2D eigenvalue weighted by Crippen LogP contribution is -2.50. The Hall–Kier alpha value is -1.00. The van der Waals surface area contributed by atoms with E-state index in [2.05, 4.69) is 0 Å². The molecule has 0 radical (unpaired) electrons. The van der Waals surface area contributed by atoms with Crippen molar-refractivity contribution in [1.82, 2.24) is 4.31 Å². The average Bonchev–Trinajstić information content (AvgIpc) is 2.88. The minimum absolute atomic E-state index is 0.0133. The van der Waals surface area contributed by atoms with Crippen LogP contribution in [0.3, 0.4) is 0 Å². The first-order valence-electron chi connectivity index (χ1n) is 5.94. The lowest BCUT2D eigenvalue weighted by molar-refractivity contribution is -0.0750. The predicted octanol–water partition coefficient (Wildman–Crippen LogP) is 0.217. The Bertz CT molecular complexity index is 596. The van der Waals surface area contributed by atoms with E-state index in [1.54, 1.807) is 6.92 Å². The molecular weight excluding hydrogens is 306 g/mol. The van der Waals surface area contributed by atoms with Crippen LogP contribution in [0.1, 0.15) is 16.6 Å². The van der Waals surface area contributed by atoms with E-state index in [9.17, 15) is 13.2 Å². The molecule has 0 bridgehead atoms. The highest BCUT2D eigenvalue weighted by atomic mass is 32.2. The molecule has 1 aromatic heterocycles. The fraction of sp³-hybridized carbons (Fsp3) is 0.545. The molecule has 1 aliphatic heterocycles. The van der Waals surface area contributed by atoms with Gasteiger partial charge in [0.25, 0.3) is 10.0 Å². The summed E-state index contributed by atoms with van der Waals surface area (Å²) in [4.78, 5) is 10.8. The van der Waals surface area contributed by atoms with Gasteiger partial charge in [0.05, 0.1) is 18.8 Å². The van der Waals surface area contributed by atoms with Crippen LogP contribution in [-0.2, 0) is 14.8 Å². The molecule has 2 N–H and O–H groups in total. The molecule has 1 aliphatic rings. The fourth-order valence-electron chi connectivity index (χ4n) is 2.00. The first kappa shape index (κ1) is 15.4. The predicted molar refractivity (Wildman–Crippen MR) is 71.5 cm³/mol. The molecule has 0 saturated carbocycles. The molecular formula is C11H15NO6S2. The van der Waals surface area contributed by atoms with Crippen LogP contribution in [0.2, 0.25) is 0 Å². The number of ether oxygens (including phenoxy) is 1. The summed E-state index contributed by atoms with van der Waals surface area (Å²) in [7, 11) is -3.75. The second-order valence-electron chi connectivity index (χ2n) is 4.50. The van der Waals surface area contributed by atoms with Gasteiger partial charge in [0.15, 0.2) is 0 Å². The van der Waals surface area contributed by atoms with E-state index in [1.807, 2.05) is 0 Å². The summed E-state index contributed by atoms with van der Waals surface area (Å²) >= 11 is 0.719. The number of carboxylic acids is 1. The number of aliphatic hydroxyl groups is 1. The van der Waals surface area contributed by atoms with E-state index in [0.717, 1.165) is 11.3 Å². The van der Waals surface area contributed by atoms with Gasteiger partial charge in [-0.15, -0.1) is 11.3 Å². The van der Waals surface area contributed by atoms with Crippen LogP contribution in [-0.4, -0.2) is 60.8 Å². The zero-order chi connectivity index (χ0) is 14.9. The molecule has 2 atom stereocenters. The van der Waals surface area contributed by atoms with E-state index < -0.39 is 22.1 Å². The van der Waals surface area contributed by atoms with Crippen molar-refractivity contribution < 1.29 is 28.2 Å². The number of carboxylic acid groups (broad SMARTS) is 1. The Balaban J connectivity index is 2.26. The zero-order valence-electron chi connectivity index (χ0n) is 10.7. The lowest BCUT2D eigenvalue weighted by Gasteiger charge is -2.34. The van der Waals surface area contributed by atoms with Gasteiger partial charge < -0.3 is 14.9 Å². The van der Waals surface area contributed by atoms with Crippen molar-refractivity contribution in [2.45, 2.75) is 23.3 Å². The van der Waals surface area contributed by atoms with Crippen molar-refractivity contribution in [1.29, 1.82) is 0 Å². The van der Waals surface area contributed by atoms with Crippen LogP contribution in [0.4, 0.5) is 0 Å². The first-order chi connectivity index (χ1) is 9.34. The Kier molecular flexibility index (Phi) is 4.45. The van der Waals surface area contributed by atoms with Gasteiger partial charge in [-0.25, -0.2) is 13.2 Å². The van der Waals surface area contributed by atoms with Crippen molar-refractivity contribution in [3.8, 4) is 0 Å². The van der Waals surface area contributed by atoms with Gasteiger partial charge in [-0.1, -0.05) is 0 Å². The number of sulfonamides is 1. The number of aliphatic hydroxyl groups excluding tert-OH is 1. The van der Waals surface area contributed by atoms with Gasteiger partial charge >= 0.3 is 5.97 Å².